The predicted molar refractivity (Wildman–Crippen MR) is 99.7 cm³/mol. The fraction of sp³-hybridized carbons (Fsp3) is 0.579. The summed E-state index contributed by atoms with van der Waals surface area (Å²) >= 11 is 3.37. The molecule has 0 spiro atoms. The molecule has 1 fully saturated rings. The van der Waals surface area contributed by atoms with Crippen LogP contribution in [0, 0.1) is 0 Å². The molecule has 1 N–H and O–H groups in total. The van der Waals surface area contributed by atoms with Crippen molar-refractivity contribution in [2.75, 3.05) is 0 Å². The van der Waals surface area contributed by atoms with Crippen molar-refractivity contribution in [3.63, 3.8) is 0 Å². The van der Waals surface area contributed by atoms with Gasteiger partial charge in [0.1, 0.15) is 11.5 Å². The number of amides is 1. The molecule has 0 saturated carbocycles. The maximum atomic E-state index is 12.8. The van der Waals surface area contributed by atoms with Crippen molar-refractivity contribution < 1.29 is 19.4 Å². The molecular formula is C19H26BrNO4. The third kappa shape index (κ3) is 4.54. The minimum Gasteiger partial charge on any atom is -0.481 e. The van der Waals surface area contributed by atoms with Gasteiger partial charge in [-0.15, -0.1) is 0 Å². The smallest absolute Gasteiger partial charge is 0.411 e. The van der Waals surface area contributed by atoms with Crippen molar-refractivity contribution in [2.45, 2.75) is 70.6 Å². The summed E-state index contributed by atoms with van der Waals surface area (Å²) in [6, 6.07) is 6.79. The molecule has 1 unspecified atom stereocenters. The number of carbonyl (C=O) groups excluding carboxylic acids is 1. The number of hydrogen-bond donors (Lipinski definition) is 1. The summed E-state index contributed by atoms with van der Waals surface area (Å²) in [7, 11) is 0. The van der Waals surface area contributed by atoms with Gasteiger partial charge >= 0.3 is 12.1 Å². The number of likely N-dealkylation sites (tertiary alicyclic amines) is 1. The molecule has 1 aromatic rings. The summed E-state index contributed by atoms with van der Waals surface area (Å²) < 4.78 is 6.44. The van der Waals surface area contributed by atoms with Gasteiger partial charge in [-0.2, -0.15) is 0 Å². The van der Waals surface area contributed by atoms with Crippen LogP contribution in [0.4, 0.5) is 4.79 Å². The minimum atomic E-state index is -0.932. The molecule has 138 valence electrons. The minimum absolute atomic E-state index is 0.441. The van der Waals surface area contributed by atoms with Gasteiger partial charge in [0.2, 0.25) is 0 Å². The molecule has 1 amide bonds. The number of carbonyl (C=O) groups is 2. The Labute approximate surface area is 157 Å². The maximum Gasteiger partial charge on any atom is 0.411 e. The Balaban J connectivity index is 2.40. The van der Waals surface area contributed by atoms with Crippen molar-refractivity contribution in [3.05, 3.63) is 34.3 Å². The van der Waals surface area contributed by atoms with Gasteiger partial charge in [-0.05, 0) is 65.2 Å². The molecule has 1 heterocycles. The van der Waals surface area contributed by atoms with E-state index >= 15 is 0 Å². The Morgan fingerprint density at radius 1 is 1.28 bits per heavy atom. The van der Waals surface area contributed by atoms with Gasteiger partial charge in [-0.25, -0.2) is 4.79 Å². The monoisotopic (exact) mass is 411 g/mol. The number of aliphatic carboxylic acids is 1. The second-order valence-corrected chi connectivity index (χ2v) is 9.05. The molecule has 1 saturated heterocycles. The third-order valence-electron chi connectivity index (χ3n) is 4.51. The summed E-state index contributed by atoms with van der Waals surface area (Å²) in [6.07, 6.45) is 0.902. The summed E-state index contributed by atoms with van der Waals surface area (Å²) in [6.45, 7) is 9.35. The van der Waals surface area contributed by atoms with Crippen LogP contribution >= 0.6 is 15.9 Å². The molecule has 25 heavy (non-hydrogen) atoms. The largest absolute Gasteiger partial charge is 0.481 e. The Morgan fingerprint density at radius 2 is 1.84 bits per heavy atom. The molecule has 1 aliphatic rings. The van der Waals surface area contributed by atoms with Gasteiger partial charge < -0.3 is 9.84 Å². The average molecular weight is 412 g/mol. The van der Waals surface area contributed by atoms with Crippen molar-refractivity contribution in [1.82, 2.24) is 4.90 Å². The van der Waals surface area contributed by atoms with E-state index in [1.165, 1.54) is 0 Å². The summed E-state index contributed by atoms with van der Waals surface area (Å²) in [5.41, 5.74) is -0.390. The van der Waals surface area contributed by atoms with Gasteiger partial charge in [0, 0.05) is 10.0 Å². The lowest BCUT2D eigenvalue weighted by molar-refractivity contribution is -0.140. The quantitative estimate of drug-likeness (QED) is 0.775. The third-order valence-corrected chi connectivity index (χ3v) is 5.03. The van der Waals surface area contributed by atoms with Crippen molar-refractivity contribution >= 4 is 28.0 Å². The molecule has 0 aliphatic carbocycles. The van der Waals surface area contributed by atoms with Gasteiger partial charge in [0.15, 0.2) is 0 Å². The fourth-order valence-electron chi connectivity index (χ4n) is 3.41. The van der Waals surface area contributed by atoms with Crippen LogP contribution in [0.2, 0.25) is 0 Å². The molecule has 2 atom stereocenters. The molecule has 6 heteroatoms. The van der Waals surface area contributed by atoms with Crippen LogP contribution in [0.3, 0.4) is 0 Å². The van der Waals surface area contributed by atoms with Crippen LogP contribution in [0.5, 0.6) is 0 Å². The number of hydrogen-bond acceptors (Lipinski definition) is 3. The van der Waals surface area contributed by atoms with Crippen LogP contribution in [0.1, 0.15) is 58.9 Å². The van der Waals surface area contributed by atoms with Gasteiger partial charge in [0.05, 0.1) is 6.04 Å². The molecule has 0 radical (unpaired) electrons. The van der Waals surface area contributed by atoms with E-state index in [2.05, 4.69) is 15.9 Å². The topological polar surface area (TPSA) is 66.8 Å². The van der Waals surface area contributed by atoms with E-state index in [0.29, 0.717) is 12.0 Å². The highest BCUT2D eigenvalue weighted by Gasteiger charge is 2.49. The van der Waals surface area contributed by atoms with Crippen molar-refractivity contribution in [2.24, 2.45) is 0 Å². The molecule has 1 aromatic carbocycles. The second kappa shape index (κ2) is 6.98. The molecule has 0 bridgehead atoms. The van der Waals surface area contributed by atoms with Crippen molar-refractivity contribution in [1.29, 1.82) is 0 Å². The van der Waals surface area contributed by atoms with Crippen LogP contribution < -0.4 is 0 Å². The Kier molecular flexibility index (Phi) is 5.52. The Hall–Kier alpha value is -1.56. The van der Waals surface area contributed by atoms with Crippen LogP contribution in [-0.2, 0) is 9.53 Å². The summed E-state index contributed by atoms with van der Waals surface area (Å²) in [5, 5.41) is 9.87. The first-order chi connectivity index (χ1) is 11.4. The first-order valence-corrected chi connectivity index (χ1v) is 9.22. The van der Waals surface area contributed by atoms with E-state index in [-0.39, 0.29) is 0 Å². The van der Waals surface area contributed by atoms with E-state index in [9.17, 15) is 14.7 Å². The normalized spacial score (nSPS) is 21.0. The van der Waals surface area contributed by atoms with Crippen molar-refractivity contribution in [3.8, 4) is 0 Å². The number of halogens is 1. The van der Waals surface area contributed by atoms with E-state index in [0.717, 1.165) is 10.9 Å². The van der Waals surface area contributed by atoms with E-state index in [1.807, 2.05) is 46.8 Å². The zero-order valence-electron chi connectivity index (χ0n) is 15.4. The van der Waals surface area contributed by atoms with E-state index in [4.69, 9.17) is 4.74 Å². The SMILES string of the molecule is CC(C)(C)OC(=O)N1C([C@@H](C(=O)O)c2ccc(Br)cc2)CCC1(C)C. The Morgan fingerprint density at radius 3 is 2.32 bits per heavy atom. The van der Waals surface area contributed by atoms with E-state index < -0.39 is 35.2 Å². The highest BCUT2D eigenvalue weighted by molar-refractivity contribution is 9.10. The number of nitrogens with zero attached hydrogens (tertiary/aromatic N) is 1. The molecule has 2 rings (SSSR count). The van der Waals surface area contributed by atoms with E-state index in [1.54, 1.807) is 17.0 Å². The van der Waals surface area contributed by atoms with Gasteiger partial charge in [-0.1, -0.05) is 28.1 Å². The van der Waals surface area contributed by atoms with Gasteiger partial charge in [0.25, 0.3) is 0 Å². The average Bonchev–Trinajstić information content (AvgIpc) is 2.74. The molecule has 5 nitrogen and oxygen atoms in total. The molecule has 0 aromatic heterocycles. The fourth-order valence-corrected chi connectivity index (χ4v) is 3.67. The first kappa shape index (κ1) is 19.8. The number of benzene rings is 1. The van der Waals surface area contributed by atoms with Crippen LogP contribution in [0.25, 0.3) is 0 Å². The highest BCUT2D eigenvalue weighted by atomic mass is 79.9. The number of carboxylic acids is 1. The lowest BCUT2D eigenvalue weighted by atomic mass is 9.90. The summed E-state index contributed by atoms with van der Waals surface area (Å²) in [4.78, 5) is 26.5. The summed E-state index contributed by atoms with van der Waals surface area (Å²) in [5.74, 6) is -1.72. The molecular weight excluding hydrogens is 386 g/mol. The lowest BCUT2D eigenvalue weighted by Gasteiger charge is -2.39. The van der Waals surface area contributed by atoms with Crippen LogP contribution in [0.15, 0.2) is 28.7 Å². The standard InChI is InChI=1S/C19H26BrNO4/c1-18(2,3)25-17(24)21-14(10-11-19(21,4)5)15(16(22)23)12-6-8-13(20)9-7-12/h6-9,14-15H,10-11H2,1-5H3,(H,22,23)/t14?,15-/m0/s1. The zero-order chi connectivity index (χ0) is 19.0. The molecule has 1 aliphatic heterocycles. The lowest BCUT2D eigenvalue weighted by Crippen LogP contribution is -2.51. The zero-order valence-corrected chi connectivity index (χ0v) is 17.0. The first-order valence-electron chi connectivity index (χ1n) is 8.43. The van der Waals surface area contributed by atoms with Crippen LogP contribution in [-0.4, -0.2) is 39.3 Å². The highest BCUT2D eigenvalue weighted by Crippen LogP contribution is 2.41. The second-order valence-electron chi connectivity index (χ2n) is 8.14. The number of carboxylic acid groups (broad SMARTS) is 1. The maximum absolute atomic E-state index is 12.8. The predicted octanol–water partition coefficient (Wildman–Crippen LogP) is 4.80. The Bertz CT molecular complexity index is 648. The number of ether oxygens (including phenoxy) is 1. The van der Waals surface area contributed by atoms with Gasteiger partial charge in [-0.3, -0.25) is 9.69 Å². The number of rotatable bonds is 3.